The second-order valence-corrected chi connectivity index (χ2v) is 4.88. The Bertz CT molecular complexity index is 698. The molecule has 0 aliphatic rings. The quantitative estimate of drug-likeness (QED) is 0.848. The zero-order valence-electron chi connectivity index (χ0n) is 12.3. The van der Waals surface area contributed by atoms with Gasteiger partial charge in [-0.3, -0.25) is 4.79 Å². The molecule has 0 fully saturated rings. The third kappa shape index (κ3) is 4.27. The lowest BCUT2D eigenvalue weighted by Crippen LogP contribution is -2.07. The predicted octanol–water partition coefficient (Wildman–Crippen LogP) is 4.01. The molecule has 0 bridgehead atoms. The van der Waals surface area contributed by atoms with Crippen LogP contribution in [0.3, 0.4) is 0 Å². The van der Waals surface area contributed by atoms with Gasteiger partial charge >= 0.3 is 0 Å². The van der Waals surface area contributed by atoms with E-state index in [1.54, 1.807) is 56.7 Å². The minimum Gasteiger partial charge on any atom is -0.497 e. The molecule has 0 unspecified atom stereocenters. The molecule has 5 heteroatoms. The Morgan fingerprint density at radius 2 is 1.95 bits per heavy atom. The maximum Gasteiger partial charge on any atom is 0.248 e. The second-order valence-electron chi connectivity index (χ2n) is 4.44. The summed E-state index contributed by atoms with van der Waals surface area (Å²) < 4.78 is 10.4. The fourth-order valence-corrected chi connectivity index (χ4v) is 2.06. The van der Waals surface area contributed by atoms with E-state index in [0.29, 0.717) is 22.2 Å². The SMILES string of the molecule is COc1ccc(/C=C/C(=O)Nc2cccc(Cl)c2)c(OC)c1. The summed E-state index contributed by atoms with van der Waals surface area (Å²) in [4.78, 5) is 11.9. The highest BCUT2D eigenvalue weighted by molar-refractivity contribution is 6.30. The normalized spacial score (nSPS) is 10.5. The van der Waals surface area contributed by atoms with Crippen molar-refractivity contribution < 1.29 is 14.3 Å². The molecule has 2 rings (SSSR count). The van der Waals surface area contributed by atoms with E-state index in [4.69, 9.17) is 21.1 Å². The average molecular weight is 318 g/mol. The summed E-state index contributed by atoms with van der Waals surface area (Å²) in [6.45, 7) is 0. The number of hydrogen-bond donors (Lipinski definition) is 1. The zero-order valence-corrected chi connectivity index (χ0v) is 13.1. The van der Waals surface area contributed by atoms with Crippen molar-refractivity contribution in [2.75, 3.05) is 19.5 Å². The summed E-state index contributed by atoms with van der Waals surface area (Å²) >= 11 is 5.87. The first-order valence-electron chi connectivity index (χ1n) is 6.59. The molecule has 0 saturated heterocycles. The van der Waals surface area contributed by atoms with Crippen LogP contribution in [-0.4, -0.2) is 20.1 Å². The van der Waals surface area contributed by atoms with Crippen LogP contribution in [0.25, 0.3) is 6.08 Å². The molecule has 2 aromatic rings. The van der Waals surface area contributed by atoms with Crippen LogP contribution < -0.4 is 14.8 Å². The molecule has 0 saturated carbocycles. The number of carbonyl (C=O) groups is 1. The largest absolute Gasteiger partial charge is 0.497 e. The van der Waals surface area contributed by atoms with Gasteiger partial charge in [-0.25, -0.2) is 0 Å². The van der Waals surface area contributed by atoms with Crippen molar-refractivity contribution in [2.45, 2.75) is 0 Å². The fourth-order valence-electron chi connectivity index (χ4n) is 1.87. The first-order chi connectivity index (χ1) is 10.6. The van der Waals surface area contributed by atoms with Crippen LogP contribution in [-0.2, 0) is 4.79 Å². The average Bonchev–Trinajstić information content (AvgIpc) is 2.52. The lowest BCUT2D eigenvalue weighted by atomic mass is 10.1. The smallest absolute Gasteiger partial charge is 0.248 e. The summed E-state index contributed by atoms with van der Waals surface area (Å²) in [6.07, 6.45) is 3.11. The molecule has 22 heavy (non-hydrogen) atoms. The Morgan fingerprint density at radius 1 is 1.14 bits per heavy atom. The van der Waals surface area contributed by atoms with Crippen LogP contribution in [0.15, 0.2) is 48.5 Å². The fraction of sp³-hybridized carbons (Fsp3) is 0.118. The minimum absolute atomic E-state index is 0.250. The Hall–Kier alpha value is -2.46. The summed E-state index contributed by atoms with van der Waals surface area (Å²) in [6, 6.07) is 12.3. The highest BCUT2D eigenvalue weighted by Gasteiger charge is 2.03. The van der Waals surface area contributed by atoms with E-state index in [1.165, 1.54) is 6.08 Å². The van der Waals surface area contributed by atoms with Crippen LogP contribution in [0.4, 0.5) is 5.69 Å². The van der Waals surface area contributed by atoms with Crippen LogP contribution in [0.5, 0.6) is 11.5 Å². The van der Waals surface area contributed by atoms with E-state index in [0.717, 1.165) is 5.56 Å². The number of nitrogens with one attached hydrogen (secondary N) is 1. The number of hydrogen-bond acceptors (Lipinski definition) is 3. The van der Waals surface area contributed by atoms with E-state index >= 15 is 0 Å². The molecule has 0 heterocycles. The first kappa shape index (κ1) is 15.9. The van der Waals surface area contributed by atoms with Crippen LogP contribution in [0.2, 0.25) is 5.02 Å². The molecular weight excluding hydrogens is 302 g/mol. The first-order valence-corrected chi connectivity index (χ1v) is 6.97. The number of amides is 1. The number of rotatable bonds is 5. The highest BCUT2D eigenvalue weighted by atomic mass is 35.5. The molecule has 0 aliphatic heterocycles. The summed E-state index contributed by atoms with van der Waals surface area (Å²) in [5.74, 6) is 1.07. The zero-order chi connectivity index (χ0) is 15.9. The number of anilines is 1. The van der Waals surface area contributed by atoms with Crippen LogP contribution in [0.1, 0.15) is 5.56 Å². The molecule has 1 N–H and O–H groups in total. The molecule has 0 aromatic heterocycles. The summed E-state index contributed by atoms with van der Waals surface area (Å²) in [5.41, 5.74) is 1.42. The van der Waals surface area contributed by atoms with Gasteiger partial charge in [0.15, 0.2) is 0 Å². The summed E-state index contributed by atoms with van der Waals surface area (Å²) in [7, 11) is 3.15. The van der Waals surface area contributed by atoms with Gasteiger partial charge in [0, 0.05) is 28.4 Å². The third-order valence-corrected chi connectivity index (χ3v) is 3.18. The topological polar surface area (TPSA) is 47.6 Å². The molecule has 0 spiro atoms. The van der Waals surface area contributed by atoms with Gasteiger partial charge in [0.1, 0.15) is 11.5 Å². The van der Waals surface area contributed by atoms with Gasteiger partial charge in [-0.05, 0) is 36.4 Å². The van der Waals surface area contributed by atoms with Gasteiger partial charge in [-0.15, -0.1) is 0 Å². The Morgan fingerprint density at radius 3 is 2.64 bits per heavy atom. The lowest BCUT2D eigenvalue weighted by molar-refractivity contribution is -0.111. The predicted molar refractivity (Wildman–Crippen MR) is 88.7 cm³/mol. The van der Waals surface area contributed by atoms with E-state index in [1.807, 2.05) is 6.07 Å². The number of benzene rings is 2. The van der Waals surface area contributed by atoms with Crippen molar-refractivity contribution in [2.24, 2.45) is 0 Å². The lowest BCUT2D eigenvalue weighted by Gasteiger charge is -2.07. The molecule has 0 atom stereocenters. The minimum atomic E-state index is -0.250. The van der Waals surface area contributed by atoms with Gasteiger partial charge < -0.3 is 14.8 Å². The number of methoxy groups -OCH3 is 2. The molecule has 114 valence electrons. The molecule has 1 amide bonds. The number of halogens is 1. The van der Waals surface area contributed by atoms with Crippen molar-refractivity contribution in [3.05, 3.63) is 59.1 Å². The van der Waals surface area contributed by atoms with Gasteiger partial charge in [-0.1, -0.05) is 17.7 Å². The van der Waals surface area contributed by atoms with Crippen LogP contribution >= 0.6 is 11.6 Å². The number of carbonyl (C=O) groups excluding carboxylic acids is 1. The molecule has 4 nitrogen and oxygen atoms in total. The number of ether oxygens (including phenoxy) is 2. The van der Waals surface area contributed by atoms with Gasteiger partial charge in [0.25, 0.3) is 0 Å². The molecular formula is C17H16ClNO3. The monoisotopic (exact) mass is 317 g/mol. The maximum absolute atomic E-state index is 11.9. The van der Waals surface area contributed by atoms with Gasteiger partial charge in [0.2, 0.25) is 5.91 Å². The van der Waals surface area contributed by atoms with E-state index in [9.17, 15) is 4.79 Å². The molecule has 2 aromatic carbocycles. The van der Waals surface area contributed by atoms with E-state index in [-0.39, 0.29) is 5.91 Å². The maximum atomic E-state index is 11.9. The molecule has 0 radical (unpaired) electrons. The highest BCUT2D eigenvalue weighted by Crippen LogP contribution is 2.25. The summed E-state index contributed by atoms with van der Waals surface area (Å²) in [5, 5.41) is 3.31. The second kappa shape index (κ2) is 7.52. The van der Waals surface area contributed by atoms with Gasteiger partial charge in [-0.2, -0.15) is 0 Å². The Kier molecular flexibility index (Phi) is 5.44. The van der Waals surface area contributed by atoms with Crippen molar-refractivity contribution >= 4 is 29.3 Å². The van der Waals surface area contributed by atoms with E-state index in [2.05, 4.69) is 5.32 Å². The van der Waals surface area contributed by atoms with Crippen molar-refractivity contribution in [3.8, 4) is 11.5 Å². The van der Waals surface area contributed by atoms with Gasteiger partial charge in [0.05, 0.1) is 14.2 Å². The van der Waals surface area contributed by atoms with Crippen molar-refractivity contribution in [1.82, 2.24) is 0 Å². The third-order valence-electron chi connectivity index (χ3n) is 2.95. The molecule has 0 aliphatic carbocycles. The Balaban J connectivity index is 2.09. The van der Waals surface area contributed by atoms with Crippen molar-refractivity contribution in [3.63, 3.8) is 0 Å². The Labute approximate surface area is 134 Å². The van der Waals surface area contributed by atoms with E-state index < -0.39 is 0 Å². The van der Waals surface area contributed by atoms with Crippen LogP contribution in [0, 0.1) is 0 Å². The van der Waals surface area contributed by atoms with Crippen molar-refractivity contribution in [1.29, 1.82) is 0 Å². The standard InChI is InChI=1S/C17H16ClNO3/c1-21-15-8-6-12(16(11-15)22-2)7-9-17(20)19-14-5-3-4-13(18)10-14/h3-11H,1-2H3,(H,19,20)/b9-7+.